The Hall–Kier alpha value is -2.01. The Morgan fingerprint density at radius 2 is 1.85 bits per heavy atom. The molecule has 20 heavy (non-hydrogen) atoms. The SMILES string of the molecule is Cc1ccccc1CNc1cc2[nH]c(=O)[nH]c2cc1Br. The molecule has 0 aliphatic heterocycles. The van der Waals surface area contributed by atoms with E-state index in [0.29, 0.717) is 0 Å². The van der Waals surface area contributed by atoms with Gasteiger partial charge in [0.15, 0.2) is 0 Å². The summed E-state index contributed by atoms with van der Waals surface area (Å²) in [4.78, 5) is 16.8. The molecule has 2 aromatic carbocycles. The highest BCUT2D eigenvalue weighted by Crippen LogP contribution is 2.27. The van der Waals surface area contributed by atoms with Gasteiger partial charge in [-0.3, -0.25) is 0 Å². The van der Waals surface area contributed by atoms with Crippen molar-refractivity contribution >= 4 is 32.7 Å². The number of hydrogen-bond donors (Lipinski definition) is 3. The fourth-order valence-corrected chi connectivity index (χ4v) is 2.67. The summed E-state index contributed by atoms with van der Waals surface area (Å²) in [6, 6.07) is 12.1. The lowest BCUT2D eigenvalue weighted by Gasteiger charge is -2.10. The van der Waals surface area contributed by atoms with Crippen molar-refractivity contribution in [3.05, 3.63) is 62.5 Å². The highest BCUT2D eigenvalue weighted by Gasteiger charge is 2.06. The quantitative estimate of drug-likeness (QED) is 0.687. The lowest BCUT2D eigenvalue weighted by molar-refractivity contribution is 1.12. The molecular weight excluding hydrogens is 318 g/mol. The molecule has 0 fully saturated rings. The summed E-state index contributed by atoms with van der Waals surface area (Å²) >= 11 is 3.52. The van der Waals surface area contributed by atoms with E-state index in [1.54, 1.807) is 0 Å². The standard InChI is InChI=1S/C15H14BrN3O/c1-9-4-2-3-5-10(9)8-17-12-7-14-13(6-11(12)16)18-15(20)19-14/h2-7,17H,8H2,1H3,(H2,18,19,20). The van der Waals surface area contributed by atoms with Crippen LogP contribution in [0.1, 0.15) is 11.1 Å². The lowest BCUT2D eigenvalue weighted by Crippen LogP contribution is -2.01. The monoisotopic (exact) mass is 331 g/mol. The summed E-state index contributed by atoms with van der Waals surface area (Å²) in [5.74, 6) is 0. The van der Waals surface area contributed by atoms with Crippen molar-refractivity contribution in [3.8, 4) is 0 Å². The van der Waals surface area contributed by atoms with Crippen molar-refractivity contribution in [1.82, 2.24) is 9.97 Å². The number of H-pyrrole nitrogens is 2. The van der Waals surface area contributed by atoms with Crippen molar-refractivity contribution in [2.45, 2.75) is 13.5 Å². The van der Waals surface area contributed by atoms with Gasteiger partial charge in [0.25, 0.3) is 0 Å². The van der Waals surface area contributed by atoms with E-state index < -0.39 is 0 Å². The number of nitrogens with one attached hydrogen (secondary N) is 3. The molecule has 0 unspecified atom stereocenters. The molecular formula is C15H14BrN3O. The van der Waals surface area contributed by atoms with E-state index in [4.69, 9.17) is 0 Å². The number of hydrogen-bond acceptors (Lipinski definition) is 2. The maximum absolute atomic E-state index is 11.3. The molecule has 102 valence electrons. The van der Waals surface area contributed by atoms with E-state index in [9.17, 15) is 4.79 Å². The van der Waals surface area contributed by atoms with Gasteiger partial charge in [0, 0.05) is 11.0 Å². The minimum atomic E-state index is -0.192. The third-order valence-corrected chi connectivity index (χ3v) is 3.99. The van der Waals surface area contributed by atoms with Crippen LogP contribution < -0.4 is 11.0 Å². The molecule has 0 spiro atoms. The van der Waals surface area contributed by atoms with Crippen LogP contribution in [0.4, 0.5) is 5.69 Å². The van der Waals surface area contributed by atoms with E-state index >= 15 is 0 Å². The molecule has 0 saturated heterocycles. The number of halogens is 1. The van der Waals surface area contributed by atoms with Crippen molar-refractivity contribution in [2.75, 3.05) is 5.32 Å². The van der Waals surface area contributed by atoms with Crippen LogP contribution in [-0.2, 0) is 6.54 Å². The molecule has 0 atom stereocenters. The van der Waals surface area contributed by atoms with Crippen LogP contribution in [-0.4, -0.2) is 9.97 Å². The summed E-state index contributed by atoms with van der Waals surface area (Å²) in [7, 11) is 0. The molecule has 0 amide bonds. The highest BCUT2D eigenvalue weighted by molar-refractivity contribution is 9.10. The van der Waals surface area contributed by atoms with Gasteiger partial charge < -0.3 is 15.3 Å². The second-order valence-electron chi connectivity index (χ2n) is 4.74. The van der Waals surface area contributed by atoms with Crippen molar-refractivity contribution in [1.29, 1.82) is 0 Å². The van der Waals surface area contributed by atoms with Crippen molar-refractivity contribution < 1.29 is 0 Å². The van der Waals surface area contributed by atoms with Crippen LogP contribution in [0.3, 0.4) is 0 Å². The zero-order valence-electron chi connectivity index (χ0n) is 11.0. The van der Waals surface area contributed by atoms with Crippen molar-refractivity contribution in [3.63, 3.8) is 0 Å². The first kappa shape index (κ1) is 13.0. The summed E-state index contributed by atoms with van der Waals surface area (Å²) < 4.78 is 0.925. The molecule has 1 heterocycles. The summed E-state index contributed by atoms with van der Waals surface area (Å²) in [6.45, 7) is 2.84. The number of rotatable bonds is 3. The van der Waals surface area contributed by atoms with Crippen LogP contribution in [0.2, 0.25) is 0 Å². The normalized spacial score (nSPS) is 10.9. The van der Waals surface area contributed by atoms with Gasteiger partial charge in [-0.15, -0.1) is 0 Å². The Labute approximate surface area is 124 Å². The molecule has 0 radical (unpaired) electrons. The molecule has 0 aliphatic rings. The second kappa shape index (κ2) is 5.17. The van der Waals surface area contributed by atoms with E-state index in [1.807, 2.05) is 24.3 Å². The van der Waals surface area contributed by atoms with Crippen LogP contribution in [0.5, 0.6) is 0 Å². The Morgan fingerprint density at radius 1 is 1.15 bits per heavy atom. The van der Waals surface area contributed by atoms with Gasteiger partial charge in [0.2, 0.25) is 0 Å². The molecule has 0 bridgehead atoms. The number of anilines is 1. The topological polar surface area (TPSA) is 60.7 Å². The first-order valence-corrected chi connectivity index (χ1v) is 7.13. The van der Waals surface area contributed by atoms with Crippen LogP contribution >= 0.6 is 15.9 Å². The molecule has 3 N–H and O–H groups in total. The fraction of sp³-hybridized carbons (Fsp3) is 0.133. The summed E-state index contributed by atoms with van der Waals surface area (Å²) in [5.41, 5.74) is 4.86. The minimum absolute atomic E-state index is 0.192. The Balaban J connectivity index is 1.89. The van der Waals surface area contributed by atoms with Gasteiger partial charge in [-0.2, -0.15) is 0 Å². The molecule has 3 rings (SSSR count). The number of fused-ring (bicyclic) bond motifs is 1. The number of imidazole rings is 1. The van der Waals surface area contributed by atoms with Gasteiger partial charge >= 0.3 is 5.69 Å². The zero-order chi connectivity index (χ0) is 14.1. The van der Waals surface area contributed by atoms with E-state index in [2.05, 4.69) is 50.3 Å². The third kappa shape index (κ3) is 2.49. The smallest absolute Gasteiger partial charge is 0.323 e. The van der Waals surface area contributed by atoms with Gasteiger partial charge in [-0.1, -0.05) is 24.3 Å². The van der Waals surface area contributed by atoms with E-state index in [1.165, 1.54) is 11.1 Å². The van der Waals surface area contributed by atoms with Crippen molar-refractivity contribution in [2.24, 2.45) is 0 Å². The zero-order valence-corrected chi connectivity index (χ0v) is 12.5. The molecule has 4 nitrogen and oxygen atoms in total. The first-order valence-electron chi connectivity index (χ1n) is 6.33. The second-order valence-corrected chi connectivity index (χ2v) is 5.59. The summed E-state index contributed by atoms with van der Waals surface area (Å²) in [5, 5.41) is 3.39. The predicted molar refractivity (Wildman–Crippen MR) is 85.1 cm³/mol. The Kier molecular flexibility index (Phi) is 3.36. The molecule has 0 aliphatic carbocycles. The maximum atomic E-state index is 11.3. The Bertz CT molecular complexity index is 819. The largest absolute Gasteiger partial charge is 0.380 e. The van der Waals surface area contributed by atoms with Gasteiger partial charge in [-0.25, -0.2) is 4.79 Å². The molecule has 1 aromatic heterocycles. The average molecular weight is 332 g/mol. The number of aromatic amines is 2. The predicted octanol–water partition coefficient (Wildman–Crippen LogP) is 3.54. The van der Waals surface area contributed by atoms with Gasteiger partial charge in [-0.05, 0) is 46.1 Å². The third-order valence-electron chi connectivity index (χ3n) is 3.33. The molecule has 5 heteroatoms. The maximum Gasteiger partial charge on any atom is 0.323 e. The number of aryl methyl sites for hydroxylation is 1. The Morgan fingerprint density at radius 3 is 2.60 bits per heavy atom. The molecule has 3 aromatic rings. The molecule has 0 saturated carbocycles. The van der Waals surface area contributed by atoms with Crippen LogP contribution in [0, 0.1) is 6.92 Å². The van der Waals surface area contributed by atoms with Crippen LogP contribution in [0.25, 0.3) is 11.0 Å². The fourth-order valence-electron chi connectivity index (χ4n) is 2.19. The highest BCUT2D eigenvalue weighted by atomic mass is 79.9. The summed E-state index contributed by atoms with van der Waals surface area (Å²) in [6.07, 6.45) is 0. The van der Waals surface area contributed by atoms with E-state index in [-0.39, 0.29) is 5.69 Å². The van der Waals surface area contributed by atoms with E-state index in [0.717, 1.165) is 27.7 Å². The average Bonchev–Trinajstić information content (AvgIpc) is 2.76. The van der Waals surface area contributed by atoms with Gasteiger partial charge in [0.05, 0.1) is 16.7 Å². The first-order chi connectivity index (χ1) is 9.63. The minimum Gasteiger partial charge on any atom is -0.380 e. The number of benzene rings is 2. The number of aromatic nitrogens is 2. The van der Waals surface area contributed by atoms with Crippen LogP contribution in [0.15, 0.2) is 45.7 Å². The lowest BCUT2D eigenvalue weighted by atomic mass is 10.1. The van der Waals surface area contributed by atoms with Gasteiger partial charge in [0.1, 0.15) is 0 Å².